The van der Waals surface area contributed by atoms with Gasteiger partial charge in [0.05, 0.1) is 19.5 Å². The lowest BCUT2D eigenvalue weighted by Gasteiger charge is -2.49. The van der Waals surface area contributed by atoms with Gasteiger partial charge in [-0.3, -0.25) is 14.5 Å². The molecule has 1 saturated heterocycles. The van der Waals surface area contributed by atoms with Gasteiger partial charge >= 0.3 is 12.1 Å². The molecule has 1 fully saturated rings. The lowest BCUT2D eigenvalue weighted by molar-refractivity contribution is -0.153. The molecule has 6 rings (SSSR count). The molecule has 0 unspecified atom stereocenters. The fourth-order valence-corrected chi connectivity index (χ4v) is 10.2. The molecule has 1 N–H and O–H groups in total. The van der Waals surface area contributed by atoms with Crippen molar-refractivity contribution in [2.45, 2.75) is 54.0 Å². The molecule has 0 spiro atoms. The Morgan fingerprint density at radius 1 is 1.06 bits per heavy atom. The molecule has 8 nitrogen and oxygen atoms in total. The molecule has 2 atom stereocenters. The molecule has 248 valence electrons. The molecule has 4 aromatic rings. The van der Waals surface area contributed by atoms with E-state index < -0.39 is 41.1 Å². The van der Waals surface area contributed by atoms with Gasteiger partial charge in [-0.05, 0) is 60.4 Å². The standard InChI is InChI=1S/C35H31ClN2O6S4/c1-35(2,3)44-34(42)37-25-30(40)38-26(32(41)43-28(20-10-6-4-7-11-20)21-12-8-5-9-13-21)22(19-47-31(25)38)14-16-46-33-23(18-36)27(39)29-24(48-33)15-17-45-29/h4-17,25,28,31H,18-19H2,1-3H3,(H,37,42)/t25-,31-/m1/s1. The van der Waals surface area contributed by atoms with E-state index in [1.807, 2.05) is 72.1 Å². The Hall–Kier alpha value is -3.55. The Balaban J connectivity index is 1.33. The second kappa shape index (κ2) is 14.5. The zero-order chi connectivity index (χ0) is 34.0. The average molecular weight is 739 g/mol. The Labute approximate surface area is 299 Å². The monoisotopic (exact) mass is 738 g/mol. The number of amides is 2. The number of alkyl halides is 1. The zero-order valence-corrected chi connectivity index (χ0v) is 30.2. The van der Waals surface area contributed by atoms with Gasteiger partial charge in [0.2, 0.25) is 5.43 Å². The number of halogens is 1. The molecule has 0 radical (unpaired) electrons. The molecule has 0 saturated carbocycles. The Kier molecular flexibility index (Phi) is 10.4. The Morgan fingerprint density at radius 2 is 1.73 bits per heavy atom. The van der Waals surface area contributed by atoms with Crippen LogP contribution in [0.15, 0.2) is 104 Å². The van der Waals surface area contributed by atoms with Crippen molar-refractivity contribution in [2.24, 2.45) is 0 Å². The number of esters is 1. The fourth-order valence-electron chi connectivity index (χ4n) is 5.26. The lowest BCUT2D eigenvalue weighted by atomic mass is 10.0. The third-order valence-corrected chi connectivity index (χ3v) is 12.3. The minimum absolute atomic E-state index is 0.0752. The minimum Gasteiger partial charge on any atom is -0.448 e. The summed E-state index contributed by atoms with van der Waals surface area (Å²) in [7, 11) is 0. The number of nitrogens with zero attached hydrogens (tertiary/aromatic N) is 1. The number of carbonyl (C=O) groups excluding carboxylic acids is 3. The topological polar surface area (TPSA) is 102 Å². The van der Waals surface area contributed by atoms with Crippen molar-refractivity contribution in [2.75, 3.05) is 5.75 Å². The summed E-state index contributed by atoms with van der Waals surface area (Å²) >= 11 is 11.9. The van der Waals surface area contributed by atoms with E-state index in [0.717, 1.165) is 20.0 Å². The summed E-state index contributed by atoms with van der Waals surface area (Å²) in [6, 6.07) is 19.9. The number of allylic oxidation sites excluding steroid dienone is 1. The molecule has 0 aliphatic carbocycles. The molecule has 4 heterocycles. The van der Waals surface area contributed by atoms with Crippen LogP contribution in [-0.4, -0.2) is 45.6 Å². The summed E-state index contributed by atoms with van der Waals surface area (Å²) in [4.78, 5) is 54.8. The number of carbonyl (C=O) groups is 3. The molecule has 2 aliphatic rings. The highest BCUT2D eigenvalue weighted by Gasteiger charge is 2.54. The maximum absolute atomic E-state index is 14.2. The van der Waals surface area contributed by atoms with Crippen molar-refractivity contribution >= 4 is 85.2 Å². The Bertz CT molecular complexity index is 1930. The number of β-lactam (4-membered cyclic amide) rings is 1. The van der Waals surface area contributed by atoms with Crippen LogP contribution in [0.4, 0.5) is 4.79 Å². The molecule has 2 aromatic heterocycles. The number of hydrogen-bond donors (Lipinski definition) is 1. The van der Waals surface area contributed by atoms with E-state index >= 15 is 0 Å². The summed E-state index contributed by atoms with van der Waals surface area (Å²) in [5.41, 5.74) is 1.95. The van der Waals surface area contributed by atoms with Crippen LogP contribution in [0.5, 0.6) is 0 Å². The predicted molar refractivity (Wildman–Crippen MR) is 195 cm³/mol. The van der Waals surface area contributed by atoms with Crippen molar-refractivity contribution in [3.05, 3.63) is 122 Å². The lowest BCUT2D eigenvalue weighted by Crippen LogP contribution is -2.70. The summed E-state index contributed by atoms with van der Waals surface area (Å²) in [5, 5.41) is 5.83. The van der Waals surface area contributed by atoms with Crippen molar-refractivity contribution in [3.8, 4) is 0 Å². The largest absolute Gasteiger partial charge is 0.448 e. The first-order valence-electron chi connectivity index (χ1n) is 15.0. The number of thioether (sulfide) groups is 2. The predicted octanol–water partition coefficient (Wildman–Crippen LogP) is 8.06. The number of alkyl carbamates (subject to hydrolysis) is 1. The molecule has 48 heavy (non-hydrogen) atoms. The van der Waals surface area contributed by atoms with Gasteiger partial charge in [-0.25, -0.2) is 9.59 Å². The number of hydrogen-bond acceptors (Lipinski definition) is 10. The van der Waals surface area contributed by atoms with Gasteiger partial charge in [-0.1, -0.05) is 72.4 Å². The number of fused-ring (bicyclic) bond motifs is 2. The highest BCUT2D eigenvalue weighted by atomic mass is 35.5. The highest BCUT2D eigenvalue weighted by molar-refractivity contribution is 8.04. The smallest absolute Gasteiger partial charge is 0.408 e. The number of nitrogens with one attached hydrogen (secondary N) is 1. The normalized spacial score (nSPS) is 17.9. The number of ether oxygens (including phenoxy) is 2. The Morgan fingerprint density at radius 3 is 2.35 bits per heavy atom. The first kappa shape index (κ1) is 34.3. The second-order valence-electron chi connectivity index (χ2n) is 11.9. The van der Waals surface area contributed by atoms with Crippen molar-refractivity contribution < 1.29 is 23.9 Å². The van der Waals surface area contributed by atoms with Crippen molar-refractivity contribution in [1.29, 1.82) is 0 Å². The van der Waals surface area contributed by atoms with Crippen LogP contribution in [0.25, 0.3) is 9.40 Å². The summed E-state index contributed by atoms with van der Waals surface area (Å²) < 4.78 is 13.9. The van der Waals surface area contributed by atoms with E-state index in [1.54, 1.807) is 32.3 Å². The van der Waals surface area contributed by atoms with Crippen LogP contribution in [0.3, 0.4) is 0 Å². The van der Waals surface area contributed by atoms with Gasteiger partial charge in [0.1, 0.15) is 22.7 Å². The second-order valence-corrected chi connectivity index (χ2v) is 16.4. The molecule has 2 aliphatic heterocycles. The number of rotatable bonds is 9. The first-order valence-corrected chi connectivity index (χ1v) is 19.1. The maximum Gasteiger partial charge on any atom is 0.408 e. The number of thiophene rings is 1. The van der Waals surface area contributed by atoms with Gasteiger partial charge < -0.3 is 14.8 Å². The van der Waals surface area contributed by atoms with E-state index in [4.69, 9.17) is 21.1 Å². The third-order valence-electron chi connectivity index (χ3n) is 7.43. The zero-order valence-electron chi connectivity index (χ0n) is 26.1. The minimum atomic E-state index is -0.868. The van der Waals surface area contributed by atoms with E-state index in [0.29, 0.717) is 21.6 Å². The molecule has 2 aromatic carbocycles. The van der Waals surface area contributed by atoms with Gasteiger partial charge in [0.15, 0.2) is 6.10 Å². The quantitative estimate of drug-likeness (QED) is 0.0797. The summed E-state index contributed by atoms with van der Waals surface area (Å²) in [6.07, 6.45) is 0.341. The molecular weight excluding hydrogens is 708 g/mol. The van der Waals surface area contributed by atoms with E-state index in [2.05, 4.69) is 5.32 Å². The van der Waals surface area contributed by atoms with E-state index in [1.165, 1.54) is 51.1 Å². The summed E-state index contributed by atoms with van der Waals surface area (Å²) in [6.45, 7) is 5.23. The van der Waals surface area contributed by atoms with Crippen LogP contribution < -0.4 is 10.7 Å². The van der Waals surface area contributed by atoms with Gasteiger partial charge in [0.25, 0.3) is 5.91 Å². The van der Waals surface area contributed by atoms with Gasteiger partial charge in [0, 0.05) is 11.3 Å². The fraction of sp³-hybridized carbons (Fsp3) is 0.257. The van der Waals surface area contributed by atoms with Crippen molar-refractivity contribution in [1.82, 2.24) is 10.2 Å². The summed E-state index contributed by atoms with van der Waals surface area (Å²) in [5.74, 6) is -0.666. The number of benzene rings is 2. The first-order chi connectivity index (χ1) is 23.1. The molecule has 13 heteroatoms. The molecular formula is C35H31ClN2O6S4. The van der Waals surface area contributed by atoms with Crippen LogP contribution in [-0.2, 0) is 24.9 Å². The van der Waals surface area contributed by atoms with Crippen molar-refractivity contribution in [3.63, 3.8) is 0 Å². The van der Waals surface area contributed by atoms with Crippen LogP contribution in [0.1, 0.15) is 43.6 Å². The van der Waals surface area contributed by atoms with Crippen LogP contribution in [0, 0.1) is 0 Å². The van der Waals surface area contributed by atoms with Crippen LogP contribution in [0.2, 0.25) is 0 Å². The van der Waals surface area contributed by atoms with E-state index in [9.17, 15) is 19.2 Å². The molecule has 0 bridgehead atoms. The SMILES string of the molecule is CC(C)(C)OC(=O)N[C@@H]1C(=O)N2C(C(=O)OC(c3ccccc3)c3ccccc3)=C(C=CSc3sc4ccsc4c(=O)c3CCl)CS[C@H]12. The van der Waals surface area contributed by atoms with Crippen LogP contribution >= 0.6 is 57.8 Å². The third kappa shape index (κ3) is 7.23. The maximum atomic E-state index is 14.2. The van der Waals surface area contributed by atoms with Gasteiger partial charge in [-0.2, -0.15) is 0 Å². The molecule has 2 amide bonds. The highest BCUT2D eigenvalue weighted by Crippen LogP contribution is 2.43. The van der Waals surface area contributed by atoms with Gasteiger partial charge in [-0.15, -0.1) is 46.0 Å². The van der Waals surface area contributed by atoms with E-state index in [-0.39, 0.29) is 17.0 Å². The average Bonchev–Trinajstić information content (AvgIpc) is 3.55.